The standard InChI is InChI=1S/C18H15F3N4S/c19-18(20,21)14-3-1-4-15(11-14)24-17(26)22-12-13-5-7-16(8-6-13)25-10-2-9-23-25/h1-11H,12H2,(H2,22,24,26). The molecular formula is C18H15F3N4S. The number of halogens is 3. The molecule has 8 heteroatoms. The molecule has 0 spiro atoms. The summed E-state index contributed by atoms with van der Waals surface area (Å²) < 4.78 is 39.9. The molecule has 0 fully saturated rings. The van der Waals surface area contributed by atoms with Crippen molar-refractivity contribution in [3.05, 3.63) is 78.1 Å². The van der Waals surface area contributed by atoms with E-state index in [0.29, 0.717) is 6.54 Å². The molecule has 3 aromatic rings. The number of nitrogens with one attached hydrogen (secondary N) is 2. The van der Waals surface area contributed by atoms with E-state index in [0.717, 1.165) is 23.4 Å². The van der Waals surface area contributed by atoms with Crippen LogP contribution in [0.3, 0.4) is 0 Å². The summed E-state index contributed by atoms with van der Waals surface area (Å²) >= 11 is 5.15. The first-order valence-corrected chi connectivity index (χ1v) is 8.14. The van der Waals surface area contributed by atoms with E-state index >= 15 is 0 Å². The Labute approximate surface area is 153 Å². The molecule has 134 valence electrons. The Kier molecular flexibility index (Phi) is 5.22. The van der Waals surface area contributed by atoms with E-state index in [-0.39, 0.29) is 10.8 Å². The summed E-state index contributed by atoms with van der Waals surface area (Å²) in [4.78, 5) is 0. The van der Waals surface area contributed by atoms with Gasteiger partial charge in [0.05, 0.1) is 11.3 Å². The van der Waals surface area contributed by atoms with Gasteiger partial charge in [-0.25, -0.2) is 4.68 Å². The van der Waals surface area contributed by atoms with Crippen LogP contribution < -0.4 is 10.6 Å². The quantitative estimate of drug-likeness (QED) is 0.663. The van der Waals surface area contributed by atoms with Crippen molar-refractivity contribution < 1.29 is 13.2 Å². The molecule has 0 atom stereocenters. The van der Waals surface area contributed by atoms with Crippen molar-refractivity contribution in [3.63, 3.8) is 0 Å². The van der Waals surface area contributed by atoms with Crippen LogP contribution in [-0.4, -0.2) is 14.9 Å². The van der Waals surface area contributed by atoms with Crippen LogP contribution in [0.5, 0.6) is 0 Å². The molecule has 4 nitrogen and oxygen atoms in total. The summed E-state index contributed by atoms with van der Waals surface area (Å²) in [5, 5.41) is 10.1. The number of benzene rings is 2. The molecule has 1 aromatic heterocycles. The Hall–Kier alpha value is -2.87. The van der Waals surface area contributed by atoms with Gasteiger partial charge in [-0.1, -0.05) is 18.2 Å². The average Bonchev–Trinajstić information content (AvgIpc) is 3.14. The normalized spacial score (nSPS) is 11.2. The lowest BCUT2D eigenvalue weighted by molar-refractivity contribution is -0.137. The first-order chi connectivity index (χ1) is 12.4. The van der Waals surface area contributed by atoms with E-state index in [9.17, 15) is 13.2 Å². The molecule has 0 amide bonds. The molecule has 0 aliphatic rings. The zero-order valence-corrected chi connectivity index (χ0v) is 14.3. The number of anilines is 1. The molecule has 0 bridgehead atoms. The molecule has 0 saturated carbocycles. The second-order valence-electron chi connectivity index (χ2n) is 5.50. The van der Waals surface area contributed by atoms with Gasteiger partial charge >= 0.3 is 6.18 Å². The van der Waals surface area contributed by atoms with E-state index in [1.165, 1.54) is 12.1 Å². The van der Waals surface area contributed by atoms with Gasteiger partial charge in [0.15, 0.2) is 5.11 Å². The number of alkyl halides is 3. The van der Waals surface area contributed by atoms with Gasteiger partial charge in [0, 0.05) is 24.6 Å². The highest BCUT2D eigenvalue weighted by atomic mass is 32.1. The minimum Gasteiger partial charge on any atom is -0.358 e. The van der Waals surface area contributed by atoms with Crippen molar-refractivity contribution in [2.45, 2.75) is 12.7 Å². The van der Waals surface area contributed by atoms with Crippen LogP contribution in [0.4, 0.5) is 18.9 Å². The van der Waals surface area contributed by atoms with Gasteiger partial charge in [0.2, 0.25) is 0 Å². The number of thiocarbonyl (C=S) groups is 1. The molecule has 26 heavy (non-hydrogen) atoms. The maximum absolute atomic E-state index is 12.7. The smallest absolute Gasteiger partial charge is 0.358 e. The Morgan fingerprint density at radius 2 is 1.85 bits per heavy atom. The van der Waals surface area contributed by atoms with E-state index in [1.54, 1.807) is 10.9 Å². The van der Waals surface area contributed by atoms with Crippen LogP contribution in [0.1, 0.15) is 11.1 Å². The van der Waals surface area contributed by atoms with Crippen molar-refractivity contribution >= 4 is 23.0 Å². The molecule has 2 aromatic carbocycles. The SMILES string of the molecule is FC(F)(F)c1cccc(NC(=S)NCc2ccc(-n3cccn3)cc2)c1. The van der Waals surface area contributed by atoms with Crippen LogP contribution in [0, 0.1) is 0 Å². The third-order valence-electron chi connectivity index (χ3n) is 3.61. The molecule has 0 saturated heterocycles. The van der Waals surface area contributed by atoms with Crippen LogP contribution in [0.2, 0.25) is 0 Å². The maximum Gasteiger partial charge on any atom is 0.416 e. The fourth-order valence-electron chi connectivity index (χ4n) is 2.32. The number of rotatable bonds is 4. The zero-order valence-electron chi connectivity index (χ0n) is 13.5. The second-order valence-corrected chi connectivity index (χ2v) is 5.91. The zero-order chi connectivity index (χ0) is 18.6. The Balaban J connectivity index is 1.56. The lowest BCUT2D eigenvalue weighted by Crippen LogP contribution is -2.28. The molecule has 0 unspecified atom stereocenters. The second kappa shape index (κ2) is 7.57. The molecule has 3 rings (SSSR count). The number of hydrogen-bond donors (Lipinski definition) is 2. The lowest BCUT2D eigenvalue weighted by atomic mass is 10.2. The number of hydrogen-bond acceptors (Lipinski definition) is 2. The van der Waals surface area contributed by atoms with Crippen molar-refractivity contribution in [2.75, 3.05) is 5.32 Å². The third kappa shape index (κ3) is 4.60. The number of aromatic nitrogens is 2. The topological polar surface area (TPSA) is 41.9 Å². The number of nitrogens with zero attached hydrogens (tertiary/aromatic N) is 2. The summed E-state index contributed by atoms with van der Waals surface area (Å²) in [6.45, 7) is 0.449. The molecule has 1 heterocycles. The van der Waals surface area contributed by atoms with Crippen molar-refractivity contribution in [2.24, 2.45) is 0 Å². The van der Waals surface area contributed by atoms with Crippen molar-refractivity contribution in [3.8, 4) is 5.69 Å². The van der Waals surface area contributed by atoms with Gasteiger partial charge in [-0.05, 0) is 54.2 Å². The van der Waals surface area contributed by atoms with Gasteiger partial charge < -0.3 is 10.6 Å². The van der Waals surface area contributed by atoms with E-state index < -0.39 is 11.7 Å². The third-order valence-corrected chi connectivity index (χ3v) is 3.85. The first kappa shape index (κ1) is 17.9. The highest BCUT2D eigenvalue weighted by Crippen LogP contribution is 2.30. The van der Waals surface area contributed by atoms with Crippen LogP contribution in [0.25, 0.3) is 5.69 Å². The predicted molar refractivity (Wildman–Crippen MR) is 98.1 cm³/mol. The summed E-state index contributed by atoms with van der Waals surface area (Å²) in [6, 6.07) is 14.4. The Morgan fingerprint density at radius 1 is 1.08 bits per heavy atom. The molecule has 0 aliphatic heterocycles. The molecule has 0 radical (unpaired) electrons. The average molecular weight is 376 g/mol. The Bertz CT molecular complexity index is 874. The van der Waals surface area contributed by atoms with Crippen molar-refractivity contribution in [1.82, 2.24) is 15.1 Å². The first-order valence-electron chi connectivity index (χ1n) is 7.73. The van der Waals surface area contributed by atoms with Crippen molar-refractivity contribution in [1.29, 1.82) is 0 Å². The minimum absolute atomic E-state index is 0.250. The summed E-state index contributed by atoms with van der Waals surface area (Å²) in [5.74, 6) is 0. The minimum atomic E-state index is -4.39. The van der Waals surface area contributed by atoms with Crippen LogP contribution >= 0.6 is 12.2 Å². The predicted octanol–water partition coefficient (Wildman–Crippen LogP) is 4.38. The van der Waals surface area contributed by atoms with E-state index in [1.807, 2.05) is 36.5 Å². The van der Waals surface area contributed by atoms with Gasteiger partial charge in [-0.15, -0.1) is 0 Å². The summed E-state index contributed by atoms with van der Waals surface area (Å²) in [7, 11) is 0. The summed E-state index contributed by atoms with van der Waals surface area (Å²) in [5.41, 5.74) is 1.48. The fraction of sp³-hybridized carbons (Fsp3) is 0.111. The van der Waals surface area contributed by atoms with Gasteiger partial charge in [-0.3, -0.25) is 0 Å². The van der Waals surface area contributed by atoms with Gasteiger partial charge in [0.25, 0.3) is 0 Å². The van der Waals surface area contributed by atoms with Gasteiger partial charge in [0.1, 0.15) is 0 Å². The maximum atomic E-state index is 12.7. The Morgan fingerprint density at radius 3 is 2.50 bits per heavy atom. The van der Waals surface area contributed by atoms with Gasteiger partial charge in [-0.2, -0.15) is 18.3 Å². The molecular weight excluding hydrogens is 361 g/mol. The molecule has 0 aliphatic carbocycles. The monoisotopic (exact) mass is 376 g/mol. The fourth-order valence-corrected chi connectivity index (χ4v) is 2.51. The van der Waals surface area contributed by atoms with Crippen LogP contribution in [-0.2, 0) is 12.7 Å². The van der Waals surface area contributed by atoms with E-state index in [2.05, 4.69) is 15.7 Å². The molecule has 2 N–H and O–H groups in total. The lowest BCUT2D eigenvalue weighted by Gasteiger charge is -2.13. The highest BCUT2D eigenvalue weighted by Gasteiger charge is 2.30. The van der Waals surface area contributed by atoms with E-state index in [4.69, 9.17) is 12.2 Å². The largest absolute Gasteiger partial charge is 0.416 e. The highest BCUT2D eigenvalue weighted by molar-refractivity contribution is 7.80. The summed E-state index contributed by atoms with van der Waals surface area (Å²) in [6.07, 6.45) is -0.836. The van der Waals surface area contributed by atoms with Crippen LogP contribution in [0.15, 0.2) is 67.0 Å².